The number of carbonyl (C=O) groups excluding carboxylic acids is 1. The van der Waals surface area contributed by atoms with Gasteiger partial charge in [0.05, 0.1) is 6.54 Å². The molecule has 0 radical (unpaired) electrons. The summed E-state index contributed by atoms with van der Waals surface area (Å²) in [5.74, 6) is -0.426. The summed E-state index contributed by atoms with van der Waals surface area (Å²) in [6, 6.07) is 14.5. The van der Waals surface area contributed by atoms with E-state index in [2.05, 4.69) is 10.3 Å². The van der Waals surface area contributed by atoms with E-state index < -0.39 is 5.91 Å². The second kappa shape index (κ2) is 6.91. The zero-order chi connectivity index (χ0) is 16.9. The molecule has 0 bridgehead atoms. The molecule has 5 nitrogen and oxygen atoms in total. The van der Waals surface area contributed by atoms with Crippen LogP contribution in [0.1, 0.15) is 21.5 Å². The molecule has 0 unspecified atom stereocenters. The Morgan fingerprint density at radius 1 is 1.08 bits per heavy atom. The summed E-state index contributed by atoms with van der Waals surface area (Å²) in [6.45, 7) is 2.44. The quantitative estimate of drug-likeness (QED) is 0.804. The molecule has 24 heavy (non-hydrogen) atoms. The zero-order valence-corrected chi connectivity index (χ0v) is 13.3. The van der Waals surface area contributed by atoms with Crippen LogP contribution >= 0.6 is 0 Å². The first-order valence-corrected chi connectivity index (χ1v) is 7.60. The van der Waals surface area contributed by atoms with E-state index in [4.69, 9.17) is 0 Å². The predicted molar refractivity (Wildman–Crippen MR) is 93.2 cm³/mol. The summed E-state index contributed by atoms with van der Waals surface area (Å²) in [7, 11) is 0. The summed E-state index contributed by atoms with van der Waals surface area (Å²) < 4.78 is 1.53. The molecule has 0 saturated carbocycles. The molecular formula is C19H17N3O2. The lowest BCUT2D eigenvalue weighted by molar-refractivity contribution is 0.102. The summed E-state index contributed by atoms with van der Waals surface area (Å²) >= 11 is 0. The first kappa shape index (κ1) is 15.7. The van der Waals surface area contributed by atoms with Gasteiger partial charge in [-0.25, -0.2) is 0 Å². The van der Waals surface area contributed by atoms with E-state index in [9.17, 15) is 9.59 Å². The number of nitrogens with zero attached hydrogens (tertiary/aromatic N) is 2. The maximum absolute atomic E-state index is 12.6. The number of nitrogens with one attached hydrogen (secondary N) is 1. The Hall–Kier alpha value is -3.21. The molecule has 1 aromatic carbocycles. The molecule has 0 saturated heterocycles. The fourth-order valence-corrected chi connectivity index (χ4v) is 2.36. The number of amides is 1. The van der Waals surface area contributed by atoms with Crippen molar-refractivity contribution >= 4 is 11.6 Å². The third kappa shape index (κ3) is 3.57. The number of hydrogen-bond donors (Lipinski definition) is 1. The van der Waals surface area contributed by atoms with Crippen LogP contribution in [0.15, 0.2) is 71.9 Å². The third-order valence-electron chi connectivity index (χ3n) is 3.68. The molecule has 0 aliphatic carbocycles. The number of benzene rings is 1. The SMILES string of the molecule is Cc1ccc(Cn2cccc(C(=O)Nc3ccncc3)c2=O)cc1. The maximum Gasteiger partial charge on any atom is 0.263 e. The van der Waals surface area contributed by atoms with Gasteiger partial charge in [-0.05, 0) is 36.8 Å². The lowest BCUT2D eigenvalue weighted by atomic mass is 10.1. The molecule has 120 valence electrons. The summed E-state index contributed by atoms with van der Waals surface area (Å²) in [6.07, 6.45) is 4.85. The van der Waals surface area contributed by atoms with E-state index in [1.807, 2.05) is 31.2 Å². The fraction of sp³-hybridized carbons (Fsp3) is 0.105. The molecule has 1 N–H and O–H groups in total. The number of hydrogen-bond acceptors (Lipinski definition) is 3. The first-order valence-electron chi connectivity index (χ1n) is 7.60. The molecule has 0 atom stereocenters. The van der Waals surface area contributed by atoms with Crippen LogP contribution in [0.5, 0.6) is 0 Å². The van der Waals surface area contributed by atoms with Crippen LogP contribution in [0.3, 0.4) is 0 Å². The minimum atomic E-state index is -0.426. The number of rotatable bonds is 4. The number of aryl methyl sites for hydroxylation is 1. The van der Waals surface area contributed by atoms with Gasteiger partial charge in [0, 0.05) is 24.3 Å². The standard InChI is InChI=1S/C19H17N3O2/c1-14-4-6-15(7-5-14)13-22-12-2-3-17(19(22)24)18(23)21-16-8-10-20-11-9-16/h2-12H,13H2,1H3,(H,20,21,23). The summed E-state index contributed by atoms with van der Waals surface area (Å²) in [4.78, 5) is 28.8. The van der Waals surface area contributed by atoms with Crippen LogP contribution in [0, 0.1) is 6.92 Å². The predicted octanol–water partition coefficient (Wildman–Crippen LogP) is 2.85. The van der Waals surface area contributed by atoms with Crippen molar-refractivity contribution in [2.75, 3.05) is 5.32 Å². The van der Waals surface area contributed by atoms with Gasteiger partial charge in [0.15, 0.2) is 0 Å². The van der Waals surface area contributed by atoms with Gasteiger partial charge in [-0.15, -0.1) is 0 Å². The average molecular weight is 319 g/mol. The highest BCUT2D eigenvalue weighted by molar-refractivity contribution is 6.03. The molecule has 0 fully saturated rings. The Labute approximate surface area is 139 Å². The van der Waals surface area contributed by atoms with Crippen LogP contribution in [-0.4, -0.2) is 15.5 Å². The molecule has 5 heteroatoms. The largest absolute Gasteiger partial charge is 0.322 e. The van der Waals surface area contributed by atoms with Crippen molar-refractivity contribution in [3.8, 4) is 0 Å². The van der Waals surface area contributed by atoms with Crippen LogP contribution in [-0.2, 0) is 6.54 Å². The topological polar surface area (TPSA) is 64.0 Å². The van der Waals surface area contributed by atoms with E-state index in [1.54, 1.807) is 36.8 Å². The zero-order valence-electron chi connectivity index (χ0n) is 13.3. The van der Waals surface area contributed by atoms with Crippen molar-refractivity contribution in [2.24, 2.45) is 0 Å². The third-order valence-corrected chi connectivity index (χ3v) is 3.68. The second-order valence-electron chi connectivity index (χ2n) is 5.53. The molecule has 2 aromatic heterocycles. The Morgan fingerprint density at radius 2 is 1.79 bits per heavy atom. The number of pyridine rings is 2. The van der Waals surface area contributed by atoms with E-state index in [-0.39, 0.29) is 11.1 Å². The van der Waals surface area contributed by atoms with Gasteiger partial charge in [-0.3, -0.25) is 14.6 Å². The maximum atomic E-state index is 12.6. The average Bonchev–Trinajstić information content (AvgIpc) is 2.59. The number of aromatic nitrogens is 2. The Balaban J connectivity index is 1.84. The molecule has 0 aliphatic rings. The Bertz CT molecular complexity index is 900. The van der Waals surface area contributed by atoms with Crippen LogP contribution in [0.4, 0.5) is 5.69 Å². The molecule has 0 spiro atoms. The normalized spacial score (nSPS) is 10.4. The number of anilines is 1. The van der Waals surface area contributed by atoms with Gasteiger partial charge >= 0.3 is 0 Å². The van der Waals surface area contributed by atoms with Gasteiger partial charge < -0.3 is 9.88 Å². The monoisotopic (exact) mass is 319 g/mol. The minimum Gasteiger partial charge on any atom is -0.322 e. The lowest BCUT2D eigenvalue weighted by Crippen LogP contribution is -2.29. The highest BCUT2D eigenvalue weighted by Gasteiger charge is 2.12. The van der Waals surface area contributed by atoms with Crippen molar-refractivity contribution < 1.29 is 4.79 Å². The van der Waals surface area contributed by atoms with Gasteiger partial charge in [-0.1, -0.05) is 29.8 Å². The fourth-order valence-electron chi connectivity index (χ4n) is 2.36. The molecule has 3 aromatic rings. The molecular weight excluding hydrogens is 302 g/mol. The van der Waals surface area contributed by atoms with E-state index in [1.165, 1.54) is 10.6 Å². The smallest absolute Gasteiger partial charge is 0.263 e. The van der Waals surface area contributed by atoms with Crippen molar-refractivity contribution in [1.29, 1.82) is 0 Å². The molecule has 0 aliphatic heterocycles. The first-order chi connectivity index (χ1) is 11.6. The van der Waals surface area contributed by atoms with E-state index >= 15 is 0 Å². The van der Waals surface area contributed by atoms with Crippen LogP contribution < -0.4 is 10.9 Å². The molecule has 1 amide bonds. The van der Waals surface area contributed by atoms with Crippen LogP contribution in [0.25, 0.3) is 0 Å². The number of carbonyl (C=O) groups is 1. The highest BCUT2D eigenvalue weighted by atomic mass is 16.2. The van der Waals surface area contributed by atoms with Crippen molar-refractivity contribution in [1.82, 2.24) is 9.55 Å². The Kier molecular flexibility index (Phi) is 4.52. The Morgan fingerprint density at radius 3 is 2.50 bits per heavy atom. The molecule has 2 heterocycles. The van der Waals surface area contributed by atoms with Gasteiger partial charge in [0.2, 0.25) is 0 Å². The van der Waals surface area contributed by atoms with Crippen molar-refractivity contribution in [3.05, 3.63) is 94.2 Å². The van der Waals surface area contributed by atoms with E-state index in [0.717, 1.165) is 11.1 Å². The summed E-state index contributed by atoms with van der Waals surface area (Å²) in [5.41, 5.74) is 2.57. The van der Waals surface area contributed by atoms with Gasteiger partial charge in [0.25, 0.3) is 11.5 Å². The van der Waals surface area contributed by atoms with Crippen molar-refractivity contribution in [3.63, 3.8) is 0 Å². The second-order valence-corrected chi connectivity index (χ2v) is 5.53. The minimum absolute atomic E-state index is 0.112. The lowest BCUT2D eigenvalue weighted by Gasteiger charge is -2.09. The van der Waals surface area contributed by atoms with E-state index in [0.29, 0.717) is 12.2 Å². The summed E-state index contributed by atoms with van der Waals surface area (Å²) in [5, 5.41) is 2.71. The van der Waals surface area contributed by atoms with Crippen molar-refractivity contribution in [2.45, 2.75) is 13.5 Å². The van der Waals surface area contributed by atoms with Gasteiger partial charge in [-0.2, -0.15) is 0 Å². The van der Waals surface area contributed by atoms with Crippen LogP contribution in [0.2, 0.25) is 0 Å². The highest BCUT2D eigenvalue weighted by Crippen LogP contribution is 2.07. The van der Waals surface area contributed by atoms with Gasteiger partial charge in [0.1, 0.15) is 5.56 Å². The molecule has 3 rings (SSSR count).